The number of hydrogen-bond donors (Lipinski definition) is 0. The van der Waals surface area contributed by atoms with Crippen LogP contribution in [0.25, 0.3) is 22.0 Å². The Bertz CT molecular complexity index is 1270. The highest BCUT2D eigenvalue weighted by Crippen LogP contribution is 2.42. The van der Waals surface area contributed by atoms with Gasteiger partial charge in [0.1, 0.15) is 0 Å². The minimum Gasteiger partial charge on any atom is -0.276 e. The predicted octanol–water partition coefficient (Wildman–Crippen LogP) is 6.78. The van der Waals surface area contributed by atoms with Gasteiger partial charge in [0, 0.05) is 19.9 Å². The van der Waals surface area contributed by atoms with Crippen molar-refractivity contribution in [1.29, 1.82) is 0 Å². The summed E-state index contributed by atoms with van der Waals surface area (Å²) < 4.78 is 3.78. The molecule has 0 N–H and O–H groups in total. The van der Waals surface area contributed by atoms with Gasteiger partial charge < -0.3 is 0 Å². The van der Waals surface area contributed by atoms with Crippen molar-refractivity contribution in [3.63, 3.8) is 0 Å². The van der Waals surface area contributed by atoms with E-state index in [2.05, 4.69) is 50.1 Å². The summed E-state index contributed by atoms with van der Waals surface area (Å²) in [4.78, 5) is 13.5. The van der Waals surface area contributed by atoms with Gasteiger partial charge in [-0.3, -0.25) is 9.36 Å². The lowest BCUT2D eigenvalue weighted by Gasteiger charge is -2.08. The van der Waals surface area contributed by atoms with Crippen LogP contribution in [0.3, 0.4) is 0 Å². The SMILES string of the molecule is O=C1C(c2cccc(Br)c2)=C(c2cccc(Br)c2)c2cc3ccccc3n21. The molecule has 3 aromatic carbocycles. The standard InChI is InChI=1S/C23H13Br2NO/c24-17-8-3-6-15(11-17)21-20-13-14-5-1-2-10-19(14)26(20)23(27)22(21)16-7-4-9-18(25)12-16/h1-13H. The second-order valence-corrected chi connectivity index (χ2v) is 8.33. The number of halogens is 2. The first kappa shape index (κ1) is 16.7. The van der Waals surface area contributed by atoms with E-state index in [1.165, 1.54) is 0 Å². The third-order valence-corrected chi connectivity index (χ3v) is 5.85. The van der Waals surface area contributed by atoms with E-state index >= 15 is 0 Å². The molecule has 2 heterocycles. The average Bonchev–Trinajstić information content (AvgIpc) is 3.17. The van der Waals surface area contributed by atoms with Gasteiger partial charge in [-0.25, -0.2) is 0 Å². The van der Waals surface area contributed by atoms with Gasteiger partial charge in [-0.1, -0.05) is 74.3 Å². The highest BCUT2D eigenvalue weighted by Gasteiger charge is 2.33. The van der Waals surface area contributed by atoms with Crippen LogP contribution in [0.4, 0.5) is 0 Å². The van der Waals surface area contributed by atoms with Crippen LogP contribution in [0, 0.1) is 0 Å². The molecule has 4 aromatic rings. The van der Waals surface area contributed by atoms with Gasteiger partial charge in [-0.2, -0.15) is 0 Å². The number of para-hydroxylation sites is 1. The summed E-state index contributed by atoms with van der Waals surface area (Å²) in [6.07, 6.45) is 0. The Morgan fingerprint density at radius 1 is 0.667 bits per heavy atom. The number of benzene rings is 3. The fourth-order valence-electron chi connectivity index (χ4n) is 3.75. The summed E-state index contributed by atoms with van der Waals surface area (Å²) in [6.45, 7) is 0. The summed E-state index contributed by atoms with van der Waals surface area (Å²) in [5, 5.41) is 1.07. The second-order valence-electron chi connectivity index (χ2n) is 6.50. The lowest BCUT2D eigenvalue weighted by Crippen LogP contribution is -2.07. The lowest BCUT2D eigenvalue weighted by atomic mass is 9.94. The molecule has 0 atom stereocenters. The van der Waals surface area contributed by atoms with E-state index in [0.29, 0.717) is 0 Å². The van der Waals surface area contributed by atoms with Crippen LogP contribution in [0.1, 0.15) is 21.6 Å². The molecule has 0 spiro atoms. The van der Waals surface area contributed by atoms with Gasteiger partial charge in [0.05, 0.1) is 16.8 Å². The Labute approximate surface area is 173 Å². The third kappa shape index (κ3) is 2.63. The Balaban J connectivity index is 1.87. The highest BCUT2D eigenvalue weighted by atomic mass is 79.9. The first-order valence-corrected chi connectivity index (χ1v) is 10.1. The van der Waals surface area contributed by atoms with E-state index in [1.807, 2.05) is 65.2 Å². The van der Waals surface area contributed by atoms with Gasteiger partial charge >= 0.3 is 0 Å². The molecule has 0 bridgehead atoms. The lowest BCUT2D eigenvalue weighted by molar-refractivity contribution is 0.0989. The molecule has 1 aromatic heterocycles. The summed E-state index contributed by atoms with van der Waals surface area (Å²) >= 11 is 7.10. The van der Waals surface area contributed by atoms with Gasteiger partial charge in [0.15, 0.2) is 0 Å². The molecule has 0 aliphatic carbocycles. The minimum atomic E-state index is 0.0132. The minimum absolute atomic E-state index is 0.0132. The zero-order valence-corrected chi connectivity index (χ0v) is 17.3. The maximum absolute atomic E-state index is 13.5. The number of carbonyl (C=O) groups excluding carboxylic acids is 1. The molecule has 5 rings (SSSR count). The zero-order chi connectivity index (χ0) is 18.5. The molecular weight excluding hydrogens is 466 g/mol. The van der Waals surface area contributed by atoms with Crippen molar-refractivity contribution < 1.29 is 4.79 Å². The summed E-state index contributed by atoms with van der Waals surface area (Å²) in [7, 11) is 0. The summed E-state index contributed by atoms with van der Waals surface area (Å²) in [6, 6.07) is 26.2. The van der Waals surface area contributed by atoms with Crippen molar-refractivity contribution in [1.82, 2.24) is 4.57 Å². The van der Waals surface area contributed by atoms with E-state index in [0.717, 1.165) is 47.8 Å². The fourth-order valence-corrected chi connectivity index (χ4v) is 4.55. The molecule has 0 radical (unpaired) electrons. The third-order valence-electron chi connectivity index (χ3n) is 4.86. The van der Waals surface area contributed by atoms with E-state index in [4.69, 9.17) is 0 Å². The second kappa shape index (κ2) is 6.32. The Morgan fingerprint density at radius 2 is 1.30 bits per heavy atom. The molecular formula is C23H13Br2NO. The molecule has 130 valence electrons. The van der Waals surface area contributed by atoms with Crippen LogP contribution in [-0.2, 0) is 0 Å². The molecule has 4 heteroatoms. The molecule has 0 fully saturated rings. The van der Waals surface area contributed by atoms with Crippen LogP contribution in [0.15, 0.2) is 87.8 Å². The molecule has 2 nitrogen and oxygen atoms in total. The van der Waals surface area contributed by atoms with Crippen molar-refractivity contribution in [3.8, 4) is 0 Å². The number of aromatic nitrogens is 1. The smallest absolute Gasteiger partial charge is 0.264 e. The fraction of sp³-hybridized carbons (Fsp3) is 0. The number of hydrogen-bond acceptors (Lipinski definition) is 1. The molecule has 1 aliphatic rings. The average molecular weight is 479 g/mol. The van der Waals surface area contributed by atoms with Crippen molar-refractivity contribution in [2.75, 3.05) is 0 Å². The van der Waals surface area contributed by atoms with Crippen molar-refractivity contribution >= 4 is 59.8 Å². The number of rotatable bonds is 2. The number of allylic oxidation sites excluding steroid dienone is 1. The highest BCUT2D eigenvalue weighted by molar-refractivity contribution is 9.10. The van der Waals surface area contributed by atoms with Crippen LogP contribution < -0.4 is 0 Å². The largest absolute Gasteiger partial charge is 0.276 e. The van der Waals surface area contributed by atoms with E-state index in [-0.39, 0.29) is 5.91 Å². The molecule has 27 heavy (non-hydrogen) atoms. The molecule has 0 amide bonds. The first-order chi connectivity index (χ1) is 13.1. The van der Waals surface area contributed by atoms with Crippen LogP contribution in [0.2, 0.25) is 0 Å². The predicted molar refractivity (Wildman–Crippen MR) is 117 cm³/mol. The molecule has 0 unspecified atom stereocenters. The van der Waals surface area contributed by atoms with Crippen LogP contribution in [0.5, 0.6) is 0 Å². The summed E-state index contributed by atoms with van der Waals surface area (Å²) in [5.74, 6) is 0.0132. The number of fused-ring (bicyclic) bond motifs is 3. The topological polar surface area (TPSA) is 22.0 Å². The normalized spacial score (nSPS) is 13.5. The molecule has 0 saturated heterocycles. The van der Waals surface area contributed by atoms with Crippen LogP contribution >= 0.6 is 31.9 Å². The first-order valence-electron chi connectivity index (χ1n) is 8.55. The Hall–Kier alpha value is -2.43. The van der Waals surface area contributed by atoms with Gasteiger partial charge in [0.2, 0.25) is 0 Å². The van der Waals surface area contributed by atoms with E-state index in [9.17, 15) is 4.79 Å². The quantitative estimate of drug-likeness (QED) is 0.311. The van der Waals surface area contributed by atoms with Gasteiger partial charge in [-0.15, -0.1) is 0 Å². The maximum Gasteiger partial charge on any atom is 0.264 e. The van der Waals surface area contributed by atoms with Gasteiger partial charge in [0.25, 0.3) is 5.91 Å². The van der Waals surface area contributed by atoms with Crippen molar-refractivity contribution in [2.24, 2.45) is 0 Å². The van der Waals surface area contributed by atoms with Crippen LogP contribution in [-0.4, -0.2) is 10.5 Å². The number of nitrogens with zero attached hydrogens (tertiary/aromatic N) is 1. The molecule has 0 saturated carbocycles. The van der Waals surface area contributed by atoms with Crippen molar-refractivity contribution in [3.05, 3.63) is 105 Å². The molecule has 1 aliphatic heterocycles. The van der Waals surface area contributed by atoms with E-state index < -0.39 is 0 Å². The number of carbonyl (C=O) groups is 1. The van der Waals surface area contributed by atoms with Gasteiger partial charge in [-0.05, 0) is 47.5 Å². The Morgan fingerprint density at radius 3 is 1.96 bits per heavy atom. The maximum atomic E-state index is 13.5. The van der Waals surface area contributed by atoms with E-state index in [1.54, 1.807) is 0 Å². The van der Waals surface area contributed by atoms with Crippen molar-refractivity contribution in [2.45, 2.75) is 0 Å². The summed E-state index contributed by atoms with van der Waals surface area (Å²) in [5.41, 5.74) is 5.52. The zero-order valence-electron chi connectivity index (χ0n) is 14.1. The monoisotopic (exact) mass is 477 g/mol. The Kier molecular flexibility index (Phi) is 3.92.